The van der Waals surface area contributed by atoms with Crippen LogP contribution in [-0.2, 0) is 21.7 Å². The molecule has 0 radical (unpaired) electrons. The summed E-state index contributed by atoms with van der Waals surface area (Å²) in [5.41, 5.74) is 1.98. The van der Waals surface area contributed by atoms with Crippen LogP contribution in [0.15, 0.2) is 42.5 Å². The highest BCUT2D eigenvalue weighted by molar-refractivity contribution is 5.92. The third-order valence-electron chi connectivity index (χ3n) is 7.28. The van der Waals surface area contributed by atoms with E-state index in [0.717, 1.165) is 29.7 Å². The number of rotatable bonds is 6. The second-order valence-electron chi connectivity index (χ2n) is 9.47. The topological polar surface area (TPSA) is 51.2 Å². The number of carbonyl (C=O) groups excluding carboxylic acids is 1. The number of carbonyl (C=O) groups is 1. The van der Waals surface area contributed by atoms with Crippen molar-refractivity contribution in [2.75, 3.05) is 32.3 Å². The van der Waals surface area contributed by atoms with Crippen LogP contribution in [0.25, 0.3) is 0 Å². The fourth-order valence-electron chi connectivity index (χ4n) is 5.06. The van der Waals surface area contributed by atoms with Gasteiger partial charge in [-0.2, -0.15) is 0 Å². The van der Waals surface area contributed by atoms with E-state index < -0.39 is 5.60 Å². The van der Waals surface area contributed by atoms with Gasteiger partial charge in [0.25, 0.3) is 0 Å². The van der Waals surface area contributed by atoms with E-state index in [0.29, 0.717) is 38.4 Å². The maximum Gasteiger partial charge on any atom is 0.324 e. The van der Waals surface area contributed by atoms with Gasteiger partial charge < -0.3 is 19.1 Å². The molecule has 2 heterocycles. The van der Waals surface area contributed by atoms with E-state index in [-0.39, 0.29) is 23.9 Å². The molecule has 2 aromatic carbocycles. The van der Waals surface area contributed by atoms with Crippen LogP contribution in [-0.4, -0.2) is 50.4 Å². The molecule has 7 heteroatoms. The van der Waals surface area contributed by atoms with E-state index in [2.05, 4.69) is 13.8 Å². The van der Waals surface area contributed by atoms with Crippen LogP contribution in [0.5, 0.6) is 5.75 Å². The second-order valence-corrected chi connectivity index (χ2v) is 9.47. The van der Waals surface area contributed by atoms with Crippen LogP contribution < -0.4 is 9.64 Å². The molecule has 2 atom stereocenters. The first-order chi connectivity index (χ1) is 16.3. The Morgan fingerprint density at radius 1 is 1.12 bits per heavy atom. The van der Waals surface area contributed by atoms with Crippen molar-refractivity contribution < 1.29 is 23.4 Å². The third kappa shape index (κ3) is 5.05. The van der Waals surface area contributed by atoms with Crippen LogP contribution >= 0.6 is 0 Å². The molecule has 6 nitrogen and oxygen atoms in total. The van der Waals surface area contributed by atoms with Crippen LogP contribution in [0, 0.1) is 5.82 Å². The Hall–Kier alpha value is -2.64. The van der Waals surface area contributed by atoms with E-state index in [4.69, 9.17) is 14.2 Å². The molecule has 0 bridgehead atoms. The van der Waals surface area contributed by atoms with Crippen LogP contribution in [0.4, 0.5) is 14.9 Å². The summed E-state index contributed by atoms with van der Waals surface area (Å²) in [7, 11) is 3.47. The maximum absolute atomic E-state index is 14.4. The largest absolute Gasteiger partial charge is 0.489 e. The van der Waals surface area contributed by atoms with Crippen molar-refractivity contribution in [3.63, 3.8) is 0 Å². The molecule has 0 aromatic heterocycles. The van der Waals surface area contributed by atoms with Crippen molar-refractivity contribution in [2.45, 2.75) is 63.8 Å². The third-order valence-corrected chi connectivity index (χ3v) is 7.28. The summed E-state index contributed by atoms with van der Waals surface area (Å²) in [5, 5.41) is 0. The van der Waals surface area contributed by atoms with Crippen molar-refractivity contribution in [1.82, 2.24) is 4.90 Å². The van der Waals surface area contributed by atoms with Crippen LogP contribution in [0.2, 0.25) is 0 Å². The Kier molecular flexibility index (Phi) is 7.43. The average Bonchev–Trinajstić information content (AvgIpc) is 3.20. The van der Waals surface area contributed by atoms with Gasteiger partial charge in [0.05, 0.1) is 5.60 Å². The van der Waals surface area contributed by atoms with Gasteiger partial charge in [-0.1, -0.05) is 12.1 Å². The van der Waals surface area contributed by atoms with Crippen molar-refractivity contribution in [3.8, 4) is 5.75 Å². The number of hydrogen-bond donors (Lipinski definition) is 0. The summed E-state index contributed by atoms with van der Waals surface area (Å²) in [6.07, 6.45) is 3.43. The number of amides is 2. The molecule has 4 rings (SSSR count). The van der Waals surface area contributed by atoms with Crippen molar-refractivity contribution in [1.29, 1.82) is 0 Å². The van der Waals surface area contributed by atoms with Crippen LogP contribution in [0.3, 0.4) is 0 Å². The van der Waals surface area contributed by atoms with Gasteiger partial charge in [0.1, 0.15) is 18.2 Å². The Labute approximate surface area is 201 Å². The van der Waals surface area contributed by atoms with Gasteiger partial charge in [0.2, 0.25) is 0 Å². The Morgan fingerprint density at radius 2 is 1.76 bits per heavy atom. The average molecular weight is 471 g/mol. The molecule has 0 spiro atoms. The number of anilines is 1. The van der Waals surface area contributed by atoms with Gasteiger partial charge >= 0.3 is 6.03 Å². The van der Waals surface area contributed by atoms with E-state index in [9.17, 15) is 9.18 Å². The maximum atomic E-state index is 14.4. The number of hydrogen-bond acceptors (Lipinski definition) is 4. The lowest BCUT2D eigenvalue weighted by molar-refractivity contribution is -0.0950. The first-order valence-electron chi connectivity index (χ1n) is 12.0. The highest BCUT2D eigenvalue weighted by Gasteiger charge is 2.35. The van der Waals surface area contributed by atoms with Gasteiger partial charge in [0.15, 0.2) is 0 Å². The number of halogens is 1. The lowest BCUT2D eigenvalue weighted by Gasteiger charge is -2.36. The quantitative estimate of drug-likeness (QED) is 0.561. The fourth-order valence-corrected chi connectivity index (χ4v) is 5.06. The molecule has 2 aromatic rings. The molecule has 34 heavy (non-hydrogen) atoms. The van der Waals surface area contributed by atoms with Crippen LogP contribution in [0.1, 0.15) is 50.7 Å². The summed E-state index contributed by atoms with van der Waals surface area (Å²) in [4.78, 5) is 16.6. The Morgan fingerprint density at radius 3 is 2.38 bits per heavy atom. The first kappa shape index (κ1) is 24.5. The summed E-state index contributed by atoms with van der Waals surface area (Å²) < 4.78 is 31.6. The predicted molar refractivity (Wildman–Crippen MR) is 130 cm³/mol. The molecule has 2 amide bonds. The number of nitrogens with zero attached hydrogens (tertiary/aromatic N) is 2. The molecule has 0 N–H and O–H groups in total. The first-order valence-corrected chi connectivity index (χ1v) is 12.0. The molecular weight excluding hydrogens is 435 g/mol. The lowest BCUT2D eigenvalue weighted by atomic mass is 9.86. The molecule has 184 valence electrons. The monoisotopic (exact) mass is 470 g/mol. The van der Waals surface area contributed by atoms with Crippen molar-refractivity contribution >= 4 is 11.7 Å². The summed E-state index contributed by atoms with van der Waals surface area (Å²) in [6.45, 7) is 5.66. The minimum absolute atomic E-state index is 0.0222. The number of urea groups is 1. The number of methoxy groups -OCH3 is 1. The van der Waals surface area contributed by atoms with Crippen molar-refractivity contribution in [2.24, 2.45) is 0 Å². The zero-order valence-corrected chi connectivity index (χ0v) is 20.6. The number of likely N-dealkylation sites (tertiary alicyclic amines) is 1. The minimum Gasteiger partial charge on any atom is -0.489 e. The standard InChI is InChI=1S/C27H35FN2O4/c1-19-5-6-20(2)30(19)26(31)29(3)24-9-7-21(8-10-24)18-34-25-16-22(15-23(28)17-25)27(32-4)11-13-33-14-12-27/h7-10,15-17,19-20H,5-6,11-14,18H2,1-4H3. The molecule has 2 aliphatic rings. The van der Waals surface area contributed by atoms with E-state index in [1.54, 1.807) is 12.0 Å². The zero-order valence-electron chi connectivity index (χ0n) is 20.6. The second kappa shape index (κ2) is 10.3. The smallest absolute Gasteiger partial charge is 0.324 e. The minimum atomic E-state index is -0.554. The highest BCUT2D eigenvalue weighted by Crippen LogP contribution is 2.37. The fraction of sp³-hybridized carbons (Fsp3) is 0.519. The van der Waals surface area contributed by atoms with Gasteiger partial charge in [-0.3, -0.25) is 4.90 Å². The Bertz CT molecular complexity index is 981. The summed E-state index contributed by atoms with van der Waals surface area (Å²) >= 11 is 0. The molecule has 2 aliphatic heterocycles. The van der Waals surface area contributed by atoms with E-state index >= 15 is 0 Å². The molecular formula is C27H35FN2O4. The zero-order chi connectivity index (χ0) is 24.3. The van der Waals surface area contributed by atoms with Gasteiger partial charge in [-0.05, 0) is 62.1 Å². The summed E-state index contributed by atoms with van der Waals surface area (Å²) in [6, 6.07) is 13.0. The van der Waals surface area contributed by atoms with Crippen molar-refractivity contribution in [3.05, 3.63) is 59.4 Å². The molecule has 2 unspecified atom stereocenters. The van der Waals surface area contributed by atoms with Gasteiger partial charge in [0, 0.05) is 64.1 Å². The SMILES string of the molecule is COC1(c2cc(F)cc(OCc3ccc(N(C)C(=O)N4C(C)CCC4C)cc3)c2)CCOCC1. The number of ether oxygens (including phenoxy) is 3. The normalized spacial score (nSPS) is 22.0. The highest BCUT2D eigenvalue weighted by atomic mass is 19.1. The molecule has 0 aliphatic carbocycles. The van der Waals surface area contributed by atoms with Gasteiger partial charge in [-0.15, -0.1) is 0 Å². The van der Waals surface area contributed by atoms with Gasteiger partial charge in [-0.25, -0.2) is 9.18 Å². The lowest BCUT2D eigenvalue weighted by Crippen LogP contribution is -2.46. The van der Waals surface area contributed by atoms with E-state index in [1.807, 2.05) is 42.3 Å². The molecule has 0 saturated carbocycles. The summed E-state index contributed by atoms with van der Waals surface area (Å²) in [5.74, 6) is 0.113. The number of benzene rings is 2. The molecule has 2 fully saturated rings. The molecule has 2 saturated heterocycles. The van der Waals surface area contributed by atoms with E-state index in [1.165, 1.54) is 12.1 Å². The Balaban J connectivity index is 1.42. The predicted octanol–water partition coefficient (Wildman–Crippen LogP) is 5.49.